The molecule has 2 atom stereocenters. The Morgan fingerprint density at radius 1 is 1.17 bits per heavy atom. The summed E-state index contributed by atoms with van der Waals surface area (Å²) in [5.41, 5.74) is -0.611. The first-order valence-corrected chi connectivity index (χ1v) is 10.9. The summed E-state index contributed by atoms with van der Waals surface area (Å²) in [5.74, 6) is -1.75. The molecule has 0 unspecified atom stereocenters. The van der Waals surface area contributed by atoms with Gasteiger partial charge in [-0.05, 0) is 31.2 Å². The number of nitriles is 1. The highest BCUT2D eigenvalue weighted by Crippen LogP contribution is 2.36. The first-order chi connectivity index (χ1) is 17.3. The lowest BCUT2D eigenvalue weighted by atomic mass is 9.86. The molecule has 0 spiro atoms. The van der Waals surface area contributed by atoms with Crippen molar-refractivity contribution in [2.75, 3.05) is 0 Å². The van der Waals surface area contributed by atoms with Crippen molar-refractivity contribution in [3.8, 4) is 17.3 Å². The largest absolute Gasteiger partial charge is 0.381 e. The quantitative estimate of drug-likeness (QED) is 0.394. The van der Waals surface area contributed by atoms with Gasteiger partial charge in [0.05, 0.1) is 29.9 Å². The zero-order chi connectivity index (χ0) is 25.4. The Bertz CT molecular complexity index is 1650. The van der Waals surface area contributed by atoms with Crippen molar-refractivity contribution in [2.24, 2.45) is 0 Å². The van der Waals surface area contributed by atoms with Gasteiger partial charge in [-0.15, -0.1) is 0 Å². The van der Waals surface area contributed by atoms with Crippen LogP contribution in [-0.4, -0.2) is 33.8 Å². The predicted molar refractivity (Wildman–Crippen MR) is 125 cm³/mol. The van der Waals surface area contributed by atoms with Gasteiger partial charge in [-0.3, -0.25) is 8.97 Å². The third kappa shape index (κ3) is 3.93. The van der Waals surface area contributed by atoms with Gasteiger partial charge in [0, 0.05) is 29.6 Å². The number of halogens is 2. The number of imidazole rings is 1. The summed E-state index contributed by atoms with van der Waals surface area (Å²) in [4.78, 5) is 21.8. The lowest BCUT2D eigenvalue weighted by Gasteiger charge is -2.35. The fourth-order valence-electron chi connectivity index (χ4n) is 4.22. The predicted octanol–water partition coefficient (Wildman–Crippen LogP) is 3.05. The van der Waals surface area contributed by atoms with E-state index in [1.165, 1.54) is 32.5 Å². The second-order valence-corrected chi connectivity index (χ2v) is 8.37. The number of rotatable bonds is 6. The molecule has 0 radical (unpaired) electrons. The highest BCUT2D eigenvalue weighted by atomic mass is 19.1. The monoisotopic (exact) mass is 487 g/mol. The molecule has 0 aliphatic heterocycles. The van der Waals surface area contributed by atoms with Crippen LogP contribution >= 0.6 is 0 Å². The summed E-state index contributed by atoms with van der Waals surface area (Å²) in [6, 6.07) is 12.3. The third-order valence-electron chi connectivity index (χ3n) is 6.23. The van der Waals surface area contributed by atoms with E-state index in [1.54, 1.807) is 43.5 Å². The van der Waals surface area contributed by atoms with E-state index in [-0.39, 0.29) is 12.1 Å². The molecule has 0 amide bonds. The van der Waals surface area contributed by atoms with E-state index >= 15 is 0 Å². The van der Waals surface area contributed by atoms with Gasteiger partial charge in [0.15, 0.2) is 0 Å². The first kappa shape index (κ1) is 23.1. The minimum absolute atomic E-state index is 0.192. The molecule has 180 valence electrons. The third-order valence-corrected chi connectivity index (χ3v) is 6.23. The van der Waals surface area contributed by atoms with Crippen LogP contribution in [0.3, 0.4) is 0 Å². The van der Waals surface area contributed by atoms with E-state index in [2.05, 4.69) is 21.1 Å². The minimum atomic E-state index is -2.00. The Balaban J connectivity index is 1.61. The molecule has 0 aliphatic carbocycles. The number of hydrogen-bond donors (Lipinski definition) is 1. The average Bonchev–Trinajstić information content (AvgIpc) is 3.54. The van der Waals surface area contributed by atoms with Gasteiger partial charge in [0.25, 0.3) is 0 Å². The van der Waals surface area contributed by atoms with Gasteiger partial charge >= 0.3 is 5.69 Å². The molecule has 1 N–H and O–H groups in total. The van der Waals surface area contributed by atoms with Gasteiger partial charge in [0.1, 0.15) is 35.5 Å². The summed E-state index contributed by atoms with van der Waals surface area (Å²) >= 11 is 0. The maximum absolute atomic E-state index is 14.9. The lowest BCUT2D eigenvalue weighted by molar-refractivity contribution is -0.0346. The number of benzene rings is 2. The lowest BCUT2D eigenvalue weighted by Crippen LogP contribution is -2.44. The van der Waals surface area contributed by atoms with Crippen LogP contribution in [0.15, 0.2) is 78.4 Å². The summed E-state index contributed by atoms with van der Waals surface area (Å²) in [5, 5.41) is 24.8. The van der Waals surface area contributed by atoms with Crippen LogP contribution in [0.1, 0.15) is 24.1 Å². The fraction of sp³-hybridized carbons (Fsp3) is 0.160. The summed E-state index contributed by atoms with van der Waals surface area (Å²) in [6.07, 6.45) is 5.63. The van der Waals surface area contributed by atoms with Crippen LogP contribution in [0, 0.1) is 23.0 Å². The summed E-state index contributed by atoms with van der Waals surface area (Å²) in [6.45, 7) is 1.31. The molecule has 0 fully saturated rings. The SMILES string of the molecule is C[C@@H](n1ccc2nc(-c3ccc(C#N)cc3)cn2c1=O)[C@](O)(Cn1cncn1)c1ccc(F)cc1F. The van der Waals surface area contributed by atoms with Crippen molar-refractivity contribution < 1.29 is 13.9 Å². The molecule has 2 aromatic carbocycles. The van der Waals surface area contributed by atoms with Gasteiger partial charge in [-0.25, -0.2) is 28.2 Å². The van der Waals surface area contributed by atoms with Gasteiger partial charge in [0.2, 0.25) is 0 Å². The van der Waals surface area contributed by atoms with Crippen LogP contribution in [0.5, 0.6) is 0 Å². The summed E-state index contributed by atoms with van der Waals surface area (Å²) < 4.78 is 32.4. The molecule has 9 nitrogen and oxygen atoms in total. The number of hydrogen-bond acceptors (Lipinski definition) is 6. The second kappa shape index (κ2) is 8.83. The molecular weight excluding hydrogens is 468 g/mol. The smallest absolute Gasteiger partial charge is 0.334 e. The van der Waals surface area contributed by atoms with Crippen LogP contribution < -0.4 is 5.69 Å². The van der Waals surface area contributed by atoms with Crippen molar-refractivity contribution in [1.82, 2.24) is 28.7 Å². The molecular formula is C25H19F2N7O2. The number of aliphatic hydroxyl groups is 1. The number of nitrogens with zero attached hydrogens (tertiary/aromatic N) is 7. The molecule has 0 bridgehead atoms. The van der Waals surface area contributed by atoms with E-state index in [0.717, 1.165) is 12.1 Å². The van der Waals surface area contributed by atoms with Crippen LogP contribution in [-0.2, 0) is 12.1 Å². The van der Waals surface area contributed by atoms with Crippen molar-refractivity contribution in [1.29, 1.82) is 5.26 Å². The normalized spacial score (nSPS) is 13.9. The zero-order valence-corrected chi connectivity index (χ0v) is 19.0. The molecule has 0 saturated heterocycles. The van der Waals surface area contributed by atoms with E-state index in [9.17, 15) is 18.7 Å². The van der Waals surface area contributed by atoms with Crippen molar-refractivity contribution in [2.45, 2.75) is 25.1 Å². The topological polar surface area (TPSA) is 114 Å². The second-order valence-electron chi connectivity index (χ2n) is 8.37. The fourth-order valence-corrected chi connectivity index (χ4v) is 4.22. The molecule has 3 aromatic heterocycles. The van der Waals surface area contributed by atoms with Crippen LogP contribution in [0.2, 0.25) is 0 Å². The minimum Gasteiger partial charge on any atom is -0.381 e. The van der Waals surface area contributed by atoms with Crippen LogP contribution in [0.4, 0.5) is 8.78 Å². The molecule has 11 heteroatoms. The van der Waals surface area contributed by atoms with Crippen molar-refractivity contribution >= 4 is 5.65 Å². The molecule has 5 aromatic rings. The number of aromatic nitrogens is 6. The van der Waals surface area contributed by atoms with E-state index < -0.39 is 29.0 Å². The Hall–Kier alpha value is -4.69. The summed E-state index contributed by atoms with van der Waals surface area (Å²) in [7, 11) is 0. The van der Waals surface area contributed by atoms with Crippen molar-refractivity contribution in [3.05, 3.63) is 107 Å². The highest BCUT2D eigenvalue weighted by Gasteiger charge is 2.41. The molecule has 3 heterocycles. The van der Waals surface area contributed by atoms with E-state index in [1.807, 2.05) is 0 Å². The molecule has 0 aliphatic rings. The van der Waals surface area contributed by atoms with Gasteiger partial charge < -0.3 is 5.11 Å². The molecule has 36 heavy (non-hydrogen) atoms. The zero-order valence-electron chi connectivity index (χ0n) is 19.0. The van der Waals surface area contributed by atoms with Gasteiger partial charge in [-0.2, -0.15) is 10.4 Å². The Kier molecular flexibility index (Phi) is 5.66. The maximum atomic E-state index is 14.9. The molecule has 5 rings (SSSR count). The Morgan fingerprint density at radius 2 is 1.94 bits per heavy atom. The van der Waals surface area contributed by atoms with Crippen LogP contribution in [0.25, 0.3) is 16.9 Å². The standard InChI is InChI=1S/C25H19F2N7O2/c1-16(25(36,13-32-15-29-14-30-32)20-7-6-19(26)10-21(20)27)33-9-8-23-31-22(12-34(23)24(33)35)18-4-2-17(11-28)3-5-18/h2-10,12,14-16,36H,13H2,1H3/t16-,25-/m1/s1. The Labute approximate surface area is 203 Å². The molecule has 0 saturated carbocycles. The van der Waals surface area contributed by atoms with Crippen molar-refractivity contribution in [3.63, 3.8) is 0 Å². The maximum Gasteiger partial charge on any atom is 0.334 e. The number of fused-ring (bicyclic) bond motifs is 1. The van der Waals surface area contributed by atoms with E-state index in [4.69, 9.17) is 5.26 Å². The Morgan fingerprint density at radius 3 is 2.61 bits per heavy atom. The van der Waals surface area contributed by atoms with E-state index in [0.29, 0.717) is 28.5 Å². The first-order valence-electron chi connectivity index (χ1n) is 10.9. The highest BCUT2D eigenvalue weighted by molar-refractivity contribution is 5.63. The average molecular weight is 487 g/mol. The van der Waals surface area contributed by atoms with Gasteiger partial charge in [-0.1, -0.05) is 18.2 Å².